The van der Waals surface area contributed by atoms with Crippen molar-refractivity contribution < 1.29 is 9.59 Å². The first-order valence-corrected chi connectivity index (χ1v) is 5.70. The smallest absolute Gasteiger partial charge is 0.224 e. The van der Waals surface area contributed by atoms with E-state index in [1.165, 1.54) is 13.3 Å². The van der Waals surface area contributed by atoms with Crippen molar-refractivity contribution in [1.82, 2.24) is 5.32 Å². The first kappa shape index (κ1) is 12.2. The summed E-state index contributed by atoms with van der Waals surface area (Å²) in [4.78, 5) is 22.6. The van der Waals surface area contributed by atoms with E-state index in [4.69, 9.17) is 0 Å². The Hall–Kier alpha value is -0.860. The van der Waals surface area contributed by atoms with E-state index in [2.05, 4.69) is 19.2 Å². The fourth-order valence-electron chi connectivity index (χ4n) is 2.31. The first-order chi connectivity index (χ1) is 6.93. The average molecular weight is 211 g/mol. The lowest BCUT2D eigenvalue weighted by Gasteiger charge is -2.37. The van der Waals surface area contributed by atoms with Gasteiger partial charge in [0.1, 0.15) is 5.78 Å². The minimum absolute atomic E-state index is 0.0111. The highest BCUT2D eigenvalue weighted by Gasteiger charge is 2.36. The zero-order chi connectivity index (χ0) is 11.5. The van der Waals surface area contributed by atoms with Crippen LogP contribution in [0.2, 0.25) is 0 Å². The van der Waals surface area contributed by atoms with Gasteiger partial charge in [0.15, 0.2) is 0 Å². The molecule has 0 saturated heterocycles. The fraction of sp³-hybridized carbons (Fsp3) is 0.833. The molecule has 1 fully saturated rings. The lowest BCUT2D eigenvalue weighted by atomic mass is 9.68. The third kappa shape index (κ3) is 3.33. The van der Waals surface area contributed by atoms with Crippen LogP contribution in [0.4, 0.5) is 0 Å². The highest BCUT2D eigenvalue weighted by molar-refractivity contribution is 5.86. The minimum atomic E-state index is 0.0111. The number of carbonyl (C=O) groups excluding carboxylic acids is 2. The van der Waals surface area contributed by atoms with Crippen LogP contribution in [0.3, 0.4) is 0 Å². The van der Waals surface area contributed by atoms with Gasteiger partial charge in [-0.1, -0.05) is 26.7 Å². The molecular weight excluding hydrogens is 190 g/mol. The molecular formula is C12H21NO2. The van der Waals surface area contributed by atoms with Gasteiger partial charge in [0.05, 0.1) is 6.54 Å². The molecule has 1 unspecified atom stereocenters. The Labute approximate surface area is 91.6 Å². The van der Waals surface area contributed by atoms with Crippen molar-refractivity contribution in [2.45, 2.75) is 46.5 Å². The Morgan fingerprint density at radius 2 is 2.00 bits per heavy atom. The van der Waals surface area contributed by atoms with Crippen LogP contribution in [-0.4, -0.2) is 18.2 Å². The summed E-state index contributed by atoms with van der Waals surface area (Å²) in [5.41, 5.74) is 0.0825. The van der Waals surface area contributed by atoms with Crippen molar-refractivity contribution in [2.75, 3.05) is 6.54 Å². The fourth-order valence-corrected chi connectivity index (χ4v) is 2.31. The summed E-state index contributed by atoms with van der Waals surface area (Å²) in [5.74, 6) is 0.137. The van der Waals surface area contributed by atoms with Gasteiger partial charge in [-0.25, -0.2) is 0 Å². The highest BCUT2D eigenvalue weighted by atomic mass is 16.2. The van der Waals surface area contributed by atoms with Crippen LogP contribution in [-0.2, 0) is 9.59 Å². The highest BCUT2D eigenvalue weighted by Crippen LogP contribution is 2.40. The van der Waals surface area contributed by atoms with Gasteiger partial charge < -0.3 is 5.32 Å². The van der Waals surface area contributed by atoms with E-state index in [0.29, 0.717) is 0 Å². The second-order valence-electron chi connectivity index (χ2n) is 5.21. The van der Waals surface area contributed by atoms with Crippen LogP contribution in [0.15, 0.2) is 0 Å². The van der Waals surface area contributed by atoms with Crippen molar-refractivity contribution >= 4 is 11.7 Å². The van der Waals surface area contributed by atoms with E-state index in [1.807, 2.05) is 0 Å². The van der Waals surface area contributed by atoms with Crippen molar-refractivity contribution in [3.63, 3.8) is 0 Å². The molecule has 86 valence electrons. The molecule has 0 aromatic heterocycles. The third-order valence-corrected chi connectivity index (χ3v) is 3.34. The molecule has 0 spiro atoms. The molecule has 0 bridgehead atoms. The van der Waals surface area contributed by atoms with Gasteiger partial charge in [-0.15, -0.1) is 0 Å². The lowest BCUT2D eigenvalue weighted by molar-refractivity contribution is -0.132. The number of ketones is 1. The maximum Gasteiger partial charge on any atom is 0.224 e. The maximum atomic E-state index is 11.9. The summed E-state index contributed by atoms with van der Waals surface area (Å²) in [5, 5.41) is 2.72. The predicted octanol–water partition coefficient (Wildman–Crippen LogP) is 1.91. The standard InChI is InChI=1S/C12H21NO2/c1-9(14)8-13-11(15)10-6-4-5-7-12(10,2)3/h10H,4-8H2,1-3H3,(H,13,15). The predicted molar refractivity (Wildman–Crippen MR) is 59.4 cm³/mol. The van der Waals surface area contributed by atoms with Gasteiger partial charge in [-0.05, 0) is 25.2 Å². The molecule has 0 heterocycles. The average Bonchev–Trinajstić information content (AvgIpc) is 2.13. The van der Waals surface area contributed by atoms with E-state index < -0.39 is 0 Å². The van der Waals surface area contributed by atoms with Crippen molar-refractivity contribution in [3.8, 4) is 0 Å². The largest absolute Gasteiger partial charge is 0.349 e. The number of carbonyl (C=O) groups is 2. The summed E-state index contributed by atoms with van der Waals surface area (Å²) in [7, 11) is 0. The summed E-state index contributed by atoms with van der Waals surface area (Å²) in [6, 6.07) is 0. The second-order valence-corrected chi connectivity index (χ2v) is 5.21. The molecule has 0 aromatic rings. The maximum absolute atomic E-state index is 11.9. The molecule has 1 aliphatic carbocycles. The second kappa shape index (κ2) is 4.77. The monoisotopic (exact) mass is 211 g/mol. The van der Waals surface area contributed by atoms with Crippen LogP contribution in [0.5, 0.6) is 0 Å². The third-order valence-electron chi connectivity index (χ3n) is 3.34. The van der Waals surface area contributed by atoms with E-state index in [9.17, 15) is 9.59 Å². The molecule has 3 nitrogen and oxygen atoms in total. The first-order valence-electron chi connectivity index (χ1n) is 5.70. The number of hydrogen-bond acceptors (Lipinski definition) is 2. The van der Waals surface area contributed by atoms with Crippen molar-refractivity contribution in [1.29, 1.82) is 0 Å². The van der Waals surface area contributed by atoms with E-state index >= 15 is 0 Å². The minimum Gasteiger partial charge on any atom is -0.349 e. The number of nitrogens with one attached hydrogen (secondary N) is 1. The molecule has 1 atom stereocenters. The zero-order valence-electron chi connectivity index (χ0n) is 9.93. The number of Topliss-reactive ketones (excluding diaryl/α,β-unsaturated/α-hetero) is 1. The summed E-state index contributed by atoms with van der Waals surface area (Å²) in [6.07, 6.45) is 4.40. The molecule has 0 aromatic carbocycles. The van der Waals surface area contributed by atoms with Crippen molar-refractivity contribution in [2.24, 2.45) is 11.3 Å². The Balaban J connectivity index is 2.53. The molecule has 1 rings (SSSR count). The van der Waals surface area contributed by atoms with Gasteiger partial charge >= 0.3 is 0 Å². The molecule has 1 saturated carbocycles. The van der Waals surface area contributed by atoms with Gasteiger partial charge in [0.2, 0.25) is 5.91 Å². The van der Waals surface area contributed by atoms with Crippen molar-refractivity contribution in [3.05, 3.63) is 0 Å². The molecule has 1 N–H and O–H groups in total. The Bertz CT molecular complexity index is 258. The van der Waals surface area contributed by atoms with Gasteiger partial charge in [-0.2, -0.15) is 0 Å². The summed E-state index contributed by atoms with van der Waals surface area (Å²) < 4.78 is 0. The molecule has 3 heteroatoms. The van der Waals surface area contributed by atoms with E-state index in [1.54, 1.807) is 0 Å². The van der Waals surface area contributed by atoms with Gasteiger partial charge in [0.25, 0.3) is 0 Å². The Morgan fingerprint density at radius 3 is 2.53 bits per heavy atom. The molecule has 0 radical (unpaired) electrons. The number of amides is 1. The molecule has 1 amide bonds. The van der Waals surface area contributed by atoms with Crippen LogP contribution in [0.1, 0.15) is 46.5 Å². The topological polar surface area (TPSA) is 46.2 Å². The van der Waals surface area contributed by atoms with Crippen LogP contribution < -0.4 is 5.32 Å². The zero-order valence-corrected chi connectivity index (χ0v) is 9.93. The normalized spacial score (nSPS) is 24.6. The van der Waals surface area contributed by atoms with Crippen LogP contribution in [0.25, 0.3) is 0 Å². The SMILES string of the molecule is CC(=O)CNC(=O)C1CCCCC1(C)C. The quantitative estimate of drug-likeness (QED) is 0.775. The Kier molecular flexibility index (Phi) is 3.89. The van der Waals surface area contributed by atoms with Crippen LogP contribution >= 0.6 is 0 Å². The Morgan fingerprint density at radius 1 is 1.33 bits per heavy atom. The number of rotatable bonds is 3. The summed E-state index contributed by atoms with van der Waals surface area (Å²) in [6.45, 7) is 5.95. The molecule has 15 heavy (non-hydrogen) atoms. The number of hydrogen-bond donors (Lipinski definition) is 1. The van der Waals surface area contributed by atoms with E-state index in [0.717, 1.165) is 19.3 Å². The van der Waals surface area contributed by atoms with Gasteiger partial charge in [-0.3, -0.25) is 9.59 Å². The summed E-state index contributed by atoms with van der Waals surface area (Å²) >= 11 is 0. The van der Waals surface area contributed by atoms with Crippen LogP contribution in [0, 0.1) is 11.3 Å². The molecule has 1 aliphatic rings. The van der Waals surface area contributed by atoms with Gasteiger partial charge in [0, 0.05) is 5.92 Å². The lowest BCUT2D eigenvalue weighted by Crippen LogP contribution is -2.42. The molecule has 0 aliphatic heterocycles. The van der Waals surface area contributed by atoms with E-state index in [-0.39, 0.29) is 29.6 Å².